The van der Waals surface area contributed by atoms with Crippen molar-refractivity contribution in [2.45, 2.75) is 51.7 Å². The van der Waals surface area contributed by atoms with Gasteiger partial charge in [-0.15, -0.1) is 0 Å². The standard InChI is InChI=1S/C30H38FN5O4/c1-22(37)33-20-26-21-36(30(39)40-26)25-12-13-28(27(31)18-25)34-14-16-35(17-15-34)29(38)7-5-3-2-4-6-23-8-10-24(19-32)11-9-23/h8-13,18,26,30,39H,2-3,5,7,14-17,19-21,32H2,1H3,(H,33,37)/t26-,30?/m0/s1. The van der Waals surface area contributed by atoms with Crippen molar-refractivity contribution < 1.29 is 23.8 Å². The summed E-state index contributed by atoms with van der Waals surface area (Å²) in [5.74, 6) is 5.86. The second kappa shape index (κ2) is 14.1. The average molecular weight is 552 g/mol. The summed E-state index contributed by atoms with van der Waals surface area (Å²) in [6.07, 6.45) is 1.28. The molecule has 2 amide bonds. The number of carbonyl (C=O) groups excluding carboxylic acids is 2. The van der Waals surface area contributed by atoms with Crippen molar-refractivity contribution in [1.82, 2.24) is 10.2 Å². The largest absolute Gasteiger partial charge is 0.366 e. The third kappa shape index (κ3) is 7.94. The molecule has 2 aromatic carbocycles. The molecule has 0 aliphatic carbocycles. The minimum absolute atomic E-state index is 0.123. The van der Waals surface area contributed by atoms with Crippen LogP contribution in [0.3, 0.4) is 0 Å². The van der Waals surface area contributed by atoms with Crippen LogP contribution >= 0.6 is 0 Å². The molecule has 214 valence electrons. The van der Waals surface area contributed by atoms with Crippen LogP contribution < -0.4 is 20.9 Å². The van der Waals surface area contributed by atoms with Crippen LogP contribution in [0.5, 0.6) is 0 Å². The number of halogens is 1. The van der Waals surface area contributed by atoms with Gasteiger partial charge >= 0.3 is 0 Å². The van der Waals surface area contributed by atoms with Crippen LogP contribution in [-0.2, 0) is 20.9 Å². The summed E-state index contributed by atoms with van der Waals surface area (Å²) in [6, 6.07) is 12.7. The number of amides is 2. The molecule has 10 heteroatoms. The van der Waals surface area contributed by atoms with Crippen molar-refractivity contribution in [1.29, 1.82) is 0 Å². The van der Waals surface area contributed by atoms with E-state index >= 15 is 4.39 Å². The molecule has 0 spiro atoms. The Bertz CT molecular complexity index is 1220. The summed E-state index contributed by atoms with van der Waals surface area (Å²) in [5.41, 5.74) is 8.63. The lowest BCUT2D eigenvalue weighted by Crippen LogP contribution is -2.49. The van der Waals surface area contributed by atoms with E-state index in [0.29, 0.717) is 57.1 Å². The number of aliphatic hydroxyl groups excluding tert-OH is 1. The van der Waals surface area contributed by atoms with E-state index in [1.807, 2.05) is 34.1 Å². The maximum atomic E-state index is 15.1. The molecule has 9 nitrogen and oxygen atoms in total. The number of benzene rings is 2. The molecule has 2 atom stereocenters. The summed E-state index contributed by atoms with van der Waals surface area (Å²) in [5, 5.41) is 12.9. The van der Waals surface area contributed by atoms with Crippen LogP contribution in [0, 0.1) is 17.7 Å². The van der Waals surface area contributed by atoms with E-state index in [2.05, 4.69) is 17.2 Å². The normalized spacial score (nSPS) is 18.9. The van der Waals surface area contributed by atoms with Gasteiger partial charge in [0.15, 0.2) is 0 Å². The quantitative estimate of drug-likeness (QED) is 0.324. The van der Waals surface area contributed by atoms with Gasteiger partial charge in [0.2, 0.25) is 18.2 Å². The van der Waals surface area contributed by atoms with Crippen LogP contribution in [0.4, 0.5) is 15.8 Å². The molecule has 2 aromatic rings. The van der Waals surface area contributed by atoms with Gasteiger partial charge in [0.25, 0.3) is 0 Å². The molecular weight excluding hydrogens is 513 g/mol. The van der Waals surface area contributed by atoms with Gasteiger partial charge in [-0.1, -0.05) is 24.0 Å². The number of aliphatic hydroxyl groups is 1. The topological polar surface area (TPSA) is 111 Å². The van der Waals surface area contributed by atoms with Crippen molar-refractivity contribution in [2.24, 2.45) is 5.73 Å². The Morgan fingerprint density at radius 2 is 1.88 bits per heavy atom. The zero-order valence-electron chi connectivity index (χ0n) is 22.9. The van der Waals surface area contributed by atoms with Crippen molar-refractivity contribution in [2.75, 3.05) is 49.1 Å². The smallest absolute Gasteiger partial charge is 0.238 e. The maximum absolute atomic E-state index is 15.1. The number of nitrogens with one attached hydrogen (secondary N) is 1. The highest BCUT2D eigenvalue weighted by atomic mass is 19.1. The Hall–Kier alpha value is -3.65. The van der Waals surface area contributed by atoms with Gasteiger partial charge in [-0.3, -0.25) is 9.59 Å². The highest BCUT2D eigenvalue weighted by molar-refractivity contribution is 5.76. The summed E-state index contributed by atoms with van der Waals surface area (Å²) < 4.78 is 20.5. The van der Waals surface area contributed by atoms with Gasteiger partial charge in [-0.2, -0.15) is 0 Å². The molecule has 0 bridgehead atoms. The number of anilines is 2. The SMILES string of the molecule is CC(=O)NC[C@H]1CN(c2ccc(N3CCN(C(=O)CCCCC#Cc4ccc(CN)cc4)CC3)c(F)c2)C(O)O1. The van der Waals surface area contributed by atoms with Gasteiger partial charge < -0.3 is 35.6 Å². The maximum Gasteiger partial charge on any atom is 0.238 e. The molecule has 2 aliphatic heterocycles. The fraction of sp³-hybridized carbons (Fsp3) is 0.467. The van der Waals surface area contributed by atoms with Gasteiger partial charge in [0.05, 0.1) is 18.3 Å². The van der Waals surface area contributed by atoms with Gasteiger partial charge in [0.1, 0.15) is 5.82 Å². The first kappa shape index (κ1) is 29.3. The lowest BCUT2D eigenvalue weighted by Gasteiger charge is -2.36. The predicted molar refractivity (Wildman–Crippen MR) is 152 cm³/mol. The molecule has 4 rings (SSSR count). The van der Waals surface area contributed by atoms with Crippen molar-refractivity contribution in [3.8, 4) is 11.8 Å². The minimum Gasteiger partial charge on any atom is -0.366 e. The van der Waals surface area contributed by atoms with Crippen LogP contribution in [0.15, 0.2) is 42.5 Å². The molecule has 40 heavy (non-hydrogen) atoms. The minimum atomic E-state index is -1.21. The molecule has 4 N–H and O–H groups in total. The van der Waals surface area contributed by atoms with Crippen molar-refractivity contribution >= 4 is 23.2 Å². The number of ether oxygens (including phenoxy) is 1. The first-order chi connectivity index (χ1) is 19.3. The second-order valence-corrected chi connectivity index (χ2v) is 10.1. The molecule has 0 aromatic heterocycles. The number of unbranched alkanes of at least 4 members (excludes halogenated alkanes) is 2. The number of hydrogen-bond acceptors (Lipinski definition) is 7. The Balaban J connectivity index is 1.19. The number of nitrogens with two attached hydrogens (primary N) is 1. The first-order valence-corrected chi connectivity index (χ1v) is 13.8. The monoisotopic (exact) mass is 551 g/mol. The summed E-state index contributed by atoms with van der Waals surface area (Å²) in [4.78, 5) is 29.2. The molecule has 0 radical (unpaired) electrons. The van der Waals surface area contributed by atoms with E-state index in [-0.39, 0.29) is 24.5 Å². The third-order valence-electron chi connectivity index (χ3n) is 7.16. The number of hydrogen-bond donors (Lipinski definition) is 3. The van der Waals surface area contributed by atoms with E-state index < -0.39 is 12.2 Å². The first-order valence-electron chi connectivity index (χ1n) is 13.8. The summed E-state index contributed by atoms with van der Waals surface area (Å²) >= 11 is 0. The van der Waals surface area contributed by atoms with Crippen LogP contribution in [0.1, 0.15) is 43.7 Å². The molecular formula is C30H38FN5O4. The summed E-state index contributed by atoms with van der Waals surface area (Å²) in [7, 11) is 0. The molecule has 2 heterocycles. The fourth-order valence-corrected chi connectivity index (χ4v) is 4.87. The van der Waals surface area contributed by atoms with Crippen LogP contribution in [0.25, 0.3) is 0 Å². The molecule has 2 fully saturated rings. The van der Waals surface area contributed by atoms with Gasteiger partial charge in [-0.05, 0) is 48.7 Å². The van der Waals surface area contributed by atoms with Gasteiger partial charge in [-0.25, -0.2) is 4.39 Å². The van der Waals surface area contributed by atoms with E-state index in [0.717, 1.165) is 30.4 Å². The number of nitrogens with zero attached hydrogens (tertiary/aromatic N) is 3. The number of rotatable bonds is 9. The molecule has 0 saturated carbocycles. The third-order valence-corrected chi connectivity index (χ3v) is 7.16. The van der Waals surface area contributed by atoms with E-state index in [1.165, 1.54) is 13.0 Å². The average Bonchev–Trinajstić information content (AvgIpc) is 3.34. The molecule has 2 saturated heterocycles. The fourth-order valence-electron chi connectivity index (χ4n) is 4.87. The Kier molecular flexibility index (Phi) is 10.4. The number of carbonyl (C=O) groups is 2. The Morgan fingerprint density at radius 1 is 1.12 bits per heavy atom. The zero-order valence-corrected chi connectivity index (χ0v) is 22.9. The van der Waals surface area contributed by atoms with E-state index in [4.69, 9.17) is 10.5 Å². The molecule has 1 unspecified atom stereocenters. The Labute approximate surface area is 235 Å². The van der Waals surface area contributed by atoms with Crippen LogP contribution in [-0.4, -0.2) is 73.6 Å². The van der Waals surface area contributed by atoms with E-state index in [1.54, 1.807) is 17.0 Å². The number of piperazine rings is 1. The highest BCUT2D eigenvalue weighted by Crippen LogP contribution is 2.29. The zero-order chi connectivity index (χ0) is 28.5. The predicted octanol–water partition coefficient (Wildman–Crippen LogP) is 2.16. The lowest BCUT2D eigenvalue weighted by atomic mass is 10.1. The van der Waals surface area contributed by atoms with Gasteiger partial charge in [0, 0.05) is 70.3 Å². The lowest BCUT2D eigenvalue weighted by molar-refractivity contribution is -0.131. The van der Waals surface area contributed by atoms with E-state index in [9.17, 15) is 14.7 Å². The van der Waals surface area contributed by atoms with Crippen LogP contribution in [0.2, 0.25) is 0 Å². The summed E-state index contributed by atoms with van der Waals surface area (Å²) in [6.45, 7) is 4.71. The second-order valence-electron chi connectivity index (χ2n) is 10.1. The highest BCUT2D eigenvalue weighted by Gasteiger charge is 2.32. The molecule has 2 aliphatic rings. The Morgan fingerprint density at radius 3 is 2.55 bits per heavy atom. The van der Waals surface area contributed by atoms with Crippen molar-refractivity contribution in [3.05, 3.63) is 59.4 Å². The van der Waals surface area contributed by atoms with Crippen molar-refractivity contribution in [3.63, 3.8) is 0 Å².